The maximum atomic E-state index is 2.17. The third-order valence-corrected chi connectivity index (χ3v) is 2.07. The molecule has 0 saturated heterocycles. The molecule has 0 N–H and O–H groups in total. The number of hydrogen-bond donors (Lipinski definition) is 0. The molecule has 0 amide bonds. The Bertz CT molecular complexity index is 153. The van der Waals surface area contributed by atoms with Crippen LogP contribution < -0.4 is 0 Å². The first kappa shape index (κ1) is 12.7. The quantitative estimate of drug-likeness (QED) is 0.594. The minimum atomic E-state index is 0. The van der Waals surface area contributed by atoms with Gasteiger partial charge in [0.05, 0.1) is 0 Å². The summed E-state index contributed by atoms with van der Waals surface area (Å²) in [5.41, 5.74) is 1.47. The molecular weight excluding hydrogens is 183 g/mol. The summed E-state index contributed by atoms with van der Waals surface area (Å²) in [6, 6.07) is 11.9. The molecule has 0 saturated carbocycles. The van der Waals surface area contributed by atoms with Crippen LogP contribution in [0.4, 0.5) is 0 Å². The zero-order chi connectivity index (χ0) is 5.82. The second-order valence-electron chi connectivity index (χ2n) is 1.84. The summed E-state index contributed by atoms with van der Waals surface area (Å²) >= 11 is 0. The van der Waals surface area contributed by atoms with Crippen molar-refractivity contribution in [2.24, 2.45) is 0 Å². The van der Waals surface area contributed by atoms with E-state index in [0.717, 1.165) is 0 Å². The Morgan fingerprint density at radius 1 is 1.00 bits per heavy atom. The van der Waals surface area contributed by atoms with Crippen molar-refractivity contribution in [1.29, 1.82) is 0 Å². The van der Waals surface area contributed by atoms with Crippen molar-refractivity contribution < 1.29 is 0 Å². The van der Waals surface area contributed by atoms with Gasteiger partial charge in [-0.05, 0) is 6.04 Å². The molecular formula is C7H12Cl2Si. The zero-order valence-corrected chi connectivity index (χ0v) is 9.54. The van der Waals surface area contributed by atoms with E-state index >= 15 is 0 Å². The second kappa shape index (κ2) is 7.13. The number of halogens is 2. The van der Waals surface area contributed by atoms with E-state index in [9.17, 15) is 0 Å². The summed E-state index contributed by atoms with van der Waals surface area (Å²) in [6.45, 7) is 0. The smallest absolute Gasteiger partial charge is 0.00833 e. The van der Waals surface area contributed by atoms with E-state index in [1.165, 1.54) is 21.9 Å². The minimum absolute atomic E-state index is 0. The van der Waals surface area contributed by atoms with Gasteiger partial charge in [0.2, 0.25) is 0 Å². The third kappa shape index (κ3) is 3.93. The lowest BCUT2D eigenvalue weighted by Crippen LogP contribution is -1.78. The molecule has 0 nitrogen and oxygen atoms in total. The van der Waals surface area contributed by atoms with E-state index in [4.69, 9.17) is 0 Å². The fourth-order valence-corrected chi connectivity index (χ4v) is 1.19. The topological polar surface area (TPSA) is 0 Å². The average molecular weight is 195 g/mol. The zero-order valence-electron chi connectivity index (χ0n) is 5.91. The summed E-state index contributed by atoms with van der Waals surface area (Å²) < 4.78 is 0. The van der Waals surface area contributed by atoms with E-state index in [1.807, 2.05) is 0 Å². The standard InChI is InChI=1S/C7H10Si.2ClH/c8-6-7-4-2-1-3-5-7;;/h1-5H,6H2,8H3;2*1H. The molecule has 0 heterocycles. The molecule has 0 aromatic heterocycles. The van der Waals surface area contributed by atoms with Crippen molar-refractivity contribution in [3.05, 3.63) is 35.9 Å². The highest BCUT2D eigenvalue weighted by atomic mass is 35.5. The van der Waals surface area contributed by atoms with Gasteiger partial charge in [-0.2, -0.15) is 0 Å². The van der Waals surface area contributed by atoms with Crippen LogP contribution in [0.5, 0.6) is 0 Å². The highest BCUT2D eigenvalue weighted by Gasteiger charge is 1.80. The largest absolute Gasteiger partial charge is 0.147 e. The van der Waals surface area contributed by atoms with Gasteiger partial charge in [0.1, 0.15) is 0 Å². The van der Waals surface area contributed by atoms with E-state index in [1.54, 1.807) is 0 Å². The first-order chi connectivity index (χ1) is 3.93. The van der Waals surface area contributed by atoms with Crippen molar-refractivity contribution in [1.82, 2.24) is 0 Å². The van der Waals surface area contributed by atoms with Gasteiger partial charge in [0.25, 0.3) is 0 Å². The maximum absolute atomic E-state index is 2.17. The summed E-state index contributed by atoms with van der Waals surface area (Å²) in [5.74, 6) is 0. The summed E-state index contributed by atoms with van der Waals surface area (Å²) in [5, 5.41) is 0. The predicted octanol–water partition coefficient (Wildman–Crippen LogP) is 1.40. The fraction of sp³-hybridized carbons (Fsp3) is 0.143. The molecule has 0 aliphatic heterocycles. The second-order valence-corrected chi connectivity index (χ2v) is 2.55. The molecule has 1 aromatic carbocycles. The first-order valence-corrected chi connectivity index (χ1v) is 4.39. The first-order valence-electron chi connectivity index (χ1n) is 2.97. The van der Waals surface area contributed by atoms with Crippen molar-refractivity contribution >= 4 is 35.1 Å². The van der Waals surface area contributed by atoms with Gasteiger partial charge in [-0.15, -0.1) is 24.8 Å². The van der Waals surface area contributed by atoms with E-state index in [-0.39, 0.29) is 24.8 Å². The molecule has 10 heavy (non-hydrogen) atoms. The Labute approximate surface area is 77.3 Å². The molecule has 0 fully saturated rings. The maximum Gasteiger partial charge on any atom is 0.00833 e. The number of benzene rings is 1. The van der Waals surface area contributed by atoms with Crippen LogP contribution >= 0.6 is 24.8 Å². The van der Waals surface area contributed by atoms with Crippen LogP contribution in [0.25, 0.3) is 0 Å². The Kier molecular flexibility index (Phi) is 9.03. The van der Waals surface area contributed by atoms with Crippen LogP contribution in [0.2, 0.25) is 0 Å². The minimum Gasteiger partial charge on any atom is -0.147 e. The lowest BCUT2D eigenvalue weighted by atomic mass is 10.2. The van der Waals surface area contributed by atoms with Gasteiger partial charge >= 0.3 is 0 Å². The van der Waals surface area contributed by atoms with E-state index in [0.29, 0.717) is 0 Å². The van der Waals surface area contributed by atoms with Crippen molar-refractivity contribution in [2.45, 2.75) is 6.04 Å². The Hall–Kier alpha value is 0.0169. The van der Waals surface area contributed by atoms with Gasteiger partial charge in [-0.3, -0.25) is 0 Å². The lowest BCUT2D eigenvalue weighted by molar-refractivity contribution is 1.40. The molecule has 0 aliphatic carbocycles. The number of hydrogen-bond acceptors (Lipinski definition) is 0. The van der Waals surface area contributed by atoms with Gasteiger partial charge in [0, 0.05) is 10.2 Å². The molecule has 1 aromatic rings. The van der Waals surface area contributed by atoms with Gasteiger partial charge in [0.15, 0.2) is 0 Å². The van der Waals surface area contributed by atoms with E-state index < -0.39 is 0 Å². The van der Waals surface area contributed by atoms with Gasteiger partial charge < -0.3 is 0 Å². The van der Waals surface area contributed by atoms with Crippen LogP contribution in [0.1, 0.15) is 5.56 Å². The molecule has 1 rings (SSSR count). The molecule has 0 unspecified atom stereocenters. The molecule has 3 heteroatoms. The van der Waals surface area contributed by atoms with Crippen molar-refractivity contribution in [3.8, 4) is 0 Å². The summed E-state index contributed by atoms with van der Waals surface area (Å²) in [4.78, 5) is 0. The lowest BCUT2D eigenvalue weighted by Gasteiger charge is -1.89. The van der Waals surface area contributed by atoms with Crippen LogP contribution in [-0.2, 0) is 6.04 Å². The Morgan fingerprint density at radius 2 is 1.50 bits per heavy atom. The van der Waals surface area contributed by atoms with Crippen LogP contribution in [-0.4, -0.2) is 10.2 Å². The highest BCUT2D eigenvalue weighted by Crippen LogP contribution is 1.95. The summed E-state index contributed by atoms with van der Waals surface area (Å²) in [6.07, 6.45) is 0. The normalized spacial score (nSPS) is 7.60. The highest BCUT2D eigenvalue weighted by molar-refractivity contribution is 6.08. The van der Waals surface area contributed by atoms with Crippen LogP contribution in [0, 0.1) is 0 Å². The summed E-state index contributed by atoms with van der Waals surface area (Å²) in [7, 11) is 1.28. The predicted molar refractivity (Wildman–Crippen MR) is 54.6 cm³/mol. The van der Waals surface area contributed by atoms with Gasteiger partial charge in [-0.25, -0.2) is 0 Å². The van der Waals surface area contributed by atoms with Crippen LogP contribution in [0.3, 0.4) is 0 Å². The molecule has 0 radical (unpaired) electrons. The molecule has 58 valence electrons. The Morgan fingerprint density at radius 3 is 1.80 bits per heavy atom. The van der Waals surface area contributed by atoms with Crippen molar-refractivity contribution in [2.75, 3.05) is 0 Å². The SMILES string of the molecule is Cl.Cl.[SiH3]Cc1ccccc1. The fourth-order valence-electron chi connectivity index (χ4n) is 0.714. The average Bonchev–Trinajstić information content (AvgIpc) is 1.90. The number of rotatable bonds is 1. The monoisotopic (exact) mass is 194 g/mol. The van der Waals surface area contributed by atoms with Crippen LogP contribution in [0.15, 0.2) is 30.3 Å². The van der Waals surface area contributed by atoms with Crippen molar-refractivity contribution in [3.63, 3.8) is 0 Å². The molecule has 0 bridgehead atoms. The molecule has 0 aliphatic rings. The van der Waals surface area contributed by atoms with Gasteiger partial charge in [-0.1, -0.05) is 35.9 Å². The van der Waals surface area contributed by atoms with E-state index in [2.05, 4.69) is 30.3 Å². The Balaban J connectivity index is 0. The molecule has 0 spiro atoms. The molecule has 0 atom stereocenters. The third-order valence-electron chi connectivity index (χ3n) is 1.25.